The van der Waals surface area contributed by atoms with Crippen LogP contribution in [0.25, 0.3) is 0 Å². The van der Waals surface area contributed by atoms with Crippen LogP contribution in [0.2, 0.25) is 0 Å². The number of rotatable bonds is 14. The average Bonchev–Trinajstić information content (AvgIpc) is 3.27. The largest absolute Gasteiger partial charge is 1.00 e. The minimum Gasteiger partial charge on any atom is -1.00 e. The highest BCUT2D eigenvalue weighted by Crippen LogP contribution is 2.34. The molecule has 0 saturated heterocycles. The van der Waals surface area contributed by atoms with Gasteiger partial charge in [-0.2, -0.15) is 4.57 Å². The molecule has 4 nitrogen and oxygen atoms in total. The molecule has 0 atom stereocenters. The fourth-order valence-electron chi connectivity index (χ4n) is 4.44. The van der Waals surface area contributed by atoms with Crippen LogP contribution in [0.1, 0.15) is 105 Å². The molecular weight excluding hydrogens is 556 g/mol. The van der Waals surface area contributed by atoms with Crippen LogP contribution >= 0.6 is 11.3 Å². The highest BCUT2D eigenvalue weighted by atomic mass is 79.9. The Hall–Kier alpha value is -2.18. The molecule has 0 aliphatic carbocycles. The molecule has 0 unspecified atom stereocenters. The summed E-state index contributed by atoms with van der Waals surface area (Å²) >= 11 is 1.74. The minimum absolute atomic E-state index is 0. The molecule has 0 aliphatic rings. The number of nitrogens with one attached hydrogen (secondary N) is 1. The van der Waals surface area contributed by atoms with Gasteiger partial charge in [0.05, 0.1) is 11.5 Å². The van der Waals surface area contributed by atoms with Gasteiger partial charge in [0.25, 0.3) is 5.91 Å². The average molecular weight is 602 g/mol. The first-order valence-electron chi connectivity index (χ1n) is 13.9. The molecule has 1 amide bonds. The van der Waals surface area contributed by atoms with Gasteiger partial charge in [0.1, 0.15) is 5.75 Å². The normalized spacial score (nSPS) is 11.2. The molecule has 2 aromatic carbocycles. The molecular formula is C32H45BrN2O2S. The van der Waals surface area contributed by atoms with Gasteiger partial charge in [-0.1, -0.05) is 96.1 Å². The third kappa shape index (κ3) is 10.5. The molecule has 3 aromatic rings. The number of nitrogens with zero attached hydrogens (tertiary/aromatic N) is 1. The van der Waals surface area contributed by atoms with Crippen molar-refractivity contribution in [2.75, 3.05) is 11.9 Å². The SMILES string of the molecule is CCCCCCCCCCOc1ccc(NC(=O)c2ccc(C[n+]3csc(C)c3)cc2)cc1C(C)(C)C.[Br-]. The van der Waals surface area contributed by atoms with Crippen LogP contribution in [0.15, 0.2) is 54.2 Å². The Morgan fingerprint density at radius 3 is 2.21 bits per heavy atom. The van der Waals surface area contributed by atoms with Gasteiger partial charge in [0.2, 0.25) is 5.51 Å². The smallest absolute Gasteiger partial charge is 0.255 e. The number of carbonyl (C=O) groups excluding carboxylic acids is 1. The van der Waals surface area contributed by atoms with Crippen molar-refractivity contribution in [3.05, 3.63) is 75.7 Å². The molecule has 0 spiro atoms. The minimum atomic E-state index is -0.0990. The lowest BCUT2D eigenvalue weighted by Gasteiger charge is -2.24. The van der Waals surface area contributed by atoms with Crippen LogP contribution < -0.4 is 31.6 Å². The Kier molecular flexibility index (Phi) is 13.5. The van der Waals surface area contributed by atoms with Gasteiger partial charge >= 0.3 is 0 Å². The van der Waals surface area contributed by atoms with E-state index in [1.54, 1.807) is 11.3 Å². The summed E-state index contributed by atoms with van der Waals surface area (Å²) in [5.41, 5.74) is 5.77. The number of thiazole rings is 1. The molecule has 1 aromatic heterocycles. The fourth-order valence-corrected chi connectivity index (χ4v) is 5.07. The number of aryl methyl sites for hydroxylation is 1. The lowest BCUT2D eigenvalue weighted by Crippen LogP contribution is -3.00. The van der Waals surface area contributed by atoms with Crippen molar-refractivity contribution in [3.63, 3.8) is 0 Å². The van der Waals surface area contributed by atoms with Gasteiger partial charge in [-0.3, -0.25) is 4.79 Å². The first-order chi connectivity index (χ1) is 17.8. The summed E-state index contributed by atoms with van der Waals surface area (Å²) < 4.78 is 8.37. The van der Waals surface area contributed by atoms with Gasteiger partial charge < -0.3 is 27.0 Å². The Bertz CT molecular complexity index is 1120. The molecule has 0 bridgehead atoms. The van der Waals surface area contributed by atoms with Gasteiger partial charge in [0, 0.05) is 22.4 Å². The van der Waals surface area contributed by atoms with Crippen molar-refractivity contribution in [1.82, 2.24) is 0 Å². The van der Waals surface area contributed by atoms with E-state index < -0.39 is 0 Å². The summed E-state index contributed by atoms with van der Waals surface area (Å²) in [5, 5.41) is 3.08. The van der Waals surface area contributed by atoms with Crippen molar-refractivity contribution in [2.24, 2.45) is 0 Å². The Balaban J connectivity index is 0.00000507. The van der Waals surface area contributed by atoms with E-state index in [0.717, 1.165) is 36.6 Å². The van der Waals surface area contributed by atoms with Crippen molar-refractivity contribution < 1.29 is 31.1 Å². The number of amides is 1. The van der Waals surface area contributed by atoms with Gasteiger partial charge in [-0.15, -0.1) is 0 Å². The molecule has 6 heteroatoms. The lowest BCUT2D eigenvalue weighted by atomic mass is 9.86. The van der Waals surface area contributed by atoms with Crippen LogP contribution in [0.3, 0.4) is 0 Å². The standard InChI is InChI=1S/C32H44N2O2S.BrH/c1-6-7-8-9-10-11-12-13-20-36-30-19-18-28(21-29(30)32(3,4)5)33-31(35)27-16-14-26(15-17-27)23-34-22-25(2)37-24-34;/h14-19,21-22,24H,6-13,20,23H2,1-5H3;1H. The summed E-state index contributed by atoms with van der Waals surface area (Å²) in [7, 11) is 0. The molecule has 38 heavy (non-hydrogen) atoms. The summed E-state index contributed by atoms with van der Waals surface area (Å²) in [6.45, 7) is 12.5. The topological polar surface area (TPSA) is 42.2 Å². The number of halogens is 1. The Labute approximate surface area is 244 Å². The van der Waals surface area contributed by atoms with E-state index in [1.807, 2.05) is 36.4 Å². The number of unbranched alkanes of at least 4 members (excludes halogenated alkanes) is 7. The van der Waals surface area contributed by atoms with E-state index in [-0.39, 0.29) is 28.3 Å². The number of anilines is 1. The van der Waals surface area contributed by atoms with Crippen molar-refractivity contribution in [3.8, 4) is 5.75 Å². The predicted molar refractivity (Wildman–Crippen MR) is 156 cm³/mol. The second-order valence-electron chi connectivity index (χ2n) is 11.1. The lowest BCUT2D eigenvalue weighted by molar-refractivity contribution is -0.683. The van der Waals surface area contributed by atoms with Gasteiger partial charge in [0.15, 0.2) is 12.7 Å². The number of hydrogen-bond donors (Lipinski definition) is 1. The van der Waals surface area contributed by atoms with Crippen molar-refractivity contribution in [1.29, 1.82) is 0 Å². The van der Waals surface area contributed by atoms with Crippen LogP contribution in [0, 0.1) is 6.92 Å². The molecule has 3 rings (SSSR count). The molecule has 1 N–H and O–H groups in total. The third-order valence-corrected chi connectivity index (χ3v) is 7.46. The molecule has 0 fully saturated rings. The third-order valence-electron chi connectivity index (χ3n) is 6.60. The number of ether oxygens (including phenoxy) is 1. The van der Waals surface area contributed by atoms with E-state index >= 15 is 0 Å². The Morgan fingerprint density at radius 1 is 0.947 bits per heavy atom. The number of hydrogen-bond acceptors (Lipinski definition) is 3. The van der Waals surface area contributed by atoms with Gasteiger partial charge in [-0.25, -0.2) is 0 Å². The quantitative estimate of drug-likeness (QED) is 0.197. The van der Waals surface area contributed by atoms with E-state index in [1.165, 1.54) is 55.4 Å². The first-order valence-corrected chi connectivity index (χ1v) is 14.8. The maximum absolute atomic E-state index is 12.9. The fraction of sp³-hybridized carbons (Fsp3) is 0.500. The molecule has 208 valence electrons. The zero-order valence-corrected chi connectivity index (χ0v) is 26.2. The Morgan fingerprint density at radius 2 is 1.61 bits per heavy atom. The molecule has 0 aliphatic heterocycles. The van der Waals surface area contributed by atoms with Crippen LogP contribution in [-0.2, 0) is 12.0 Å². The van der Waals surface area contributed by atoms with Crippen molar-refractivity contribution >= 4 is 22.9 Å². The van der Waals surface area contributed by atoms with Crippen LogP contribution in [-0.4, -0.2) is 12.5 Å². The highest BCUT2D eigenvalue weighted by molar-refractivity contribution is 7.09. The second kappa shape index (κ2) is 16.0. The zero-order chi connectivity index (χ0) is 26.7. The maximum atomic E-state index is 12.9. The van der Waals surface area contributed by atoms with Crippen LogP contribution in [0.5, 0.6) is 5.75 Å². The van der Waals surface area contributed by atoms with E-state index in [0.29, 0.717) is 5.56 Å². The molecule has 1 heterocycles. The van der Waals surface area contributed by atoms with E-state index in [9.17, 15) is 4.79 Å². The number of aromatic nitrogens is 1. The molecule has 0 radical (unpaired) electrons. The summed E-state index contributed by atoms with van der Waals surface area (Å²) in [5.74, 6) is 0.817. The first kappa shape index (κ1) is 32.0. The summed E-state index contributed by atoms with van der Waals surface area (Å²) in [6, 6.07) is 13.9. The van der Waals surface area contributed by atoms with E-state index in [4.69, 9.17) is 4.74 Å². The zero-order valence-electron chi connectivity index (χ0n) is 23.8. The number of carbonyl (C=O) groups is 1. The second-order valence-corrected chi connectivity index (χ2v) is 12.2. The number of benzene rings is 2. The monoisotopic (exact) mass is 600 g/mol. The van der Waals surface area contributed by atoms with Crippen LogP contribution in [0.4, 0.5) is 5.69 Å². The van der Waals surface area contributed by atoms with Crippen molar-refractivity contribution in [2.45, 2.75) is 97.9 Å². The molecule has 0 saturated carbocycles. The predicted octanol–water partition coefficient (Wildman–Crippen LogP) is 5.47. The highest BCUT2D eigenvalue weighted by Gasteiger charge is 2.20. The van der Waals surface area contributed by atoms with Gasteiger partial charge in [-0.05, 0) is 49.1 Å². The van der Waals surface area contributed by atoms with E-state index in [2.05, 4.69) is 62.3 Å². The maximum Gasteiger partial charge on any atom is 0.255 e. The summed E-state index contributed by atoms with van der Waals surface area (Å²) in [4.78, 5) is 14.2. The summed E-state index contributed by atoms with van der Waals surface area (Å²) in [6.07, 6.45) is 12.4.